The Morgan fingerprint density at radius 2 is 1.79 bits per heavy atom. The Hall–Kier alpha value is -2.88. The van der Waals surface area contributed by atoms with Gasteiger partial charge in [-0.15, -0.1) is 11.3 Å². The minimum absolute atomic E-state index is 0.111. The van der Waals surface area contributed by atoms with Crippen LogP contribution >= 0.6 is 27.3 Å². The molecule has 0 atom stereocenters. The van der Waals surface area contributed by atoms with E-state index in [1.807, 2.05) is 24.3 Å². The summed E-state index contributed by atoms with van der Waals surface area (Å²) in [5, 5.41) is 3.03. The van der Waals surface area contributed by atoms with Crippen LogP contribution < -0.4 is 5.32 Å². The molecular formula is C24H18BrFN2O3S2. The molecule has 0 aliphatic heterocycles. The number of nitrogens with zero attached hydrogens (tertiary/aromatic N) is 1. The Kier molecular flexibility index (Phi) is 6.73. The molecule has 1 heterocycles. The number of halogens is 2. The van der Waals surface area contributed by atoms with E-state index in [1.54, 1.807) is 30.3 Å². The van der Waals surface area contributed by atoms with Gasteiger partial charge >= 0.3 is 0 Å². The van der Waals surface area contributed by atoms with E-state index >= 15 is 0 Å². The summed E-state index contributed by atoms with van der Waals surface area (Å²) >= 11 is 4.54. The molecule has 0 spiro atoms. The first-order valence-electron chi connectivity index (χ1n) is 9.81. The van der Waals surface area contributed by atoms with E-state index in [2.05, 4.69) is 26.2 Å². The summed E-state index contributed by atoms with van der Waals surface area (Å²) in [4.78, 5) is 18.1. The highest BCUT2D eigenvalue weighted by atomic mass is 79.9. The van der Waals surface area contributed by atoms with Gasteiger partial charge in [-0.1, -0.05) is 58.4 Å². The van der Waals surface area contributed by atoms with Crippen LogP contribution in [0.25, 0.3) is 21.7 Å². The maximum Gasteiger partial charge on any atom is 0.280 e. The third kappa shape index (κ3) is 5.38. The molecule has 0 bridgehead atoms. The van der Waals surface area contributed by atoms with E-state index in [0.29, 0.717) is 28.2 Å². The van der Waals surface area contributed by atoms with Gasteiger partial charge in [-0.3, -0.25) is 4.79 Å². The molecule has 4 aromatic rings. The minimum atomic E-state index is -3.55. The summed E-state index contributed by atoms with van der Waals surface area (Å²) in [6.45, 7) is 0.305. The van der Waals surface area contributed by atoms with Crippen molar-refractivity contribution in [1.82, 2.24) is 10.3 Å². The lowest BCUT2D eigenvalue weighted by atomic mass is 10.1. The molecule has 3 aromatic carbocycles. The lowest BCUT2D eigenvalue weighted by molar-refractivity contribution is 0.0950. The first kappa shape index (κ1) is 23.3. The van der Waals surface area contributed by atoms with Gasteiger partial charge in [0.05, 0.1) is 15.5 Å². The van der Waals surface area contributed by atoms with Crippen molar-refractivity contribution in [3.63, 3.8) is 0 Å². The Bertz CT molecular complexity index is 1430. The number of sulfone groups is 1. The first-order chi connectivity index (χ1) is 15.7. The van der Waals surface area contributed by atoms with Crippen molar-refractivity contribution in [1.29, 1.82) is 0 Å². The zero-order valence-electron chi connectivity index (χ0n) is 17.4. The van der Waals surface area contributed by atoms with Gasteiger partial charge in [0.2, 0.25) is 0 Å². The number of hydrogen-bond donors (Lipinski definition) is 1. The monoisotopic (exact) mass is 544 g/mol. The van der Waals surface area contributed by atoms with Crippen molar-refractivity contribution in [2.75, 3.05) is 6.26 Å². The van der Waals surface area contributed by atoms with Crippen LogP contribution in [0.5, 0.6) is 0 Å². The van der Waals surface area contributed by atoms with E-state index in [9.17, 15) is 17.6 Å². The largest absolute Gasteiger partial charge is 0.346 e. The molecule has 0 saturated heterocycles. The molecule has 1 N–H and O–H groups in total. The summed E-state index contributed by atoms with van der Waals surface area (Å²) in [6.07, 6.45) is 1.13. The third-order valence-corrected chi connectivity index (χ3v) is 7.56. The molecular weight excluding hydrogens is 527 g/mol. The van der Waals surface area contributed by atoms with E-state index in [-0.39, 0.29) is 15.8 Å². The van der Waals surface area contributed by atoms with Crippen LogP contribution in [-0.2, 0) is 16.4 Å². The molecule has 0 aliphatic rings. The molecule has 0 aliphatic carbocycles. The predicted octanol–water partition coefficient (Wildman–Crippen LogP) is 5.71. The highest BCUT2D eigenvalue weighted by molar-refractivity contribution is 9.10. The number of aromatic nitrogens is 1. The Labute approximate surface area is 203 Å². The number of carbonyl (C=O) groups is 1. The minimum Gasteiger partial charge on any atom is -0.346 e. The van der Waals surface area contributed by atoms with Gasteiger partial charge in [-0.25, -0.2) is 17.8 Å². The number of amides is 1. The van der Waals surface area contributed by atoms with Gasteiger partial charge in [0, 0.05) is 22.8 Å². The SMILES string of the molecule is CS(=O)(=O)c1ccccc1-c1nc(C(=O)NCc2cccc(Br)c2)sc1-c1ccc(F)cc1. The van der Waals surface area contributed by atoms with Crippen LogP contribution in [0.3, 0.4) is 0 Å². The fourth-order valence-electron chi connectivity index (χ4n) is 3.29. The number of rotatable bonds is 6. The van der Waals surface area contributed by atoms with Crippen LogP contribution in [0.15, 0.2) is 82.2 Å². The predicted molar refractivity (Wildman–Crippen MR) is 131 cm³/mol. The number of hydrogen-bond acceptors (Lipinski definition) is 5. The summed E-state index contributed by atoms with van der Waals surface area (Å²) < 4.78 is 39.2. The van der Waals surface area contributed by atoms with Gasteiger partial charge in [-0.05, 0) is 41.5 Å². The second kappa shape index (κ2) is 9.54. The summed E-state index contributed by atoms with van der Waals surface area (Å²) in [5.74, 6) is -0.778. The van der Waals surface area contributed by atoms with Crippen molar-refractivity contribution in [2.24, 2.45) is 0 Å². The Morgan fingerprint density at radius 1 is 1.06 bits per heavy atom. The standard InChI is InChI=1S/C24H18BrFN2O3S2/c1-33(30,31)20-8-3-2-7-19(20)21-22(16-9-11-18(26)12-10-16)32-24(28-21)23(29)27-14-15-5-4-6-17(25)13-15/h2-13H,14H2,1H3,(H,27,29). The molecule has 9 heteroatoms. The first-order valence-corrected chi connectivity index (χ1v) is 13.3. The Balaban J connectivity index is 1.77. The highest BCUT2D eigenvalue weighted by Crippen LogP contribution is 2.39. The van der Waals surface area contributed by atoms with Crippen molar-refractivity contribution in [3.8, 4) is 21.7 Å². The lowest BCUT2D eigenvalue weighted by Crippen LogP contribution is -2.22. The molecule has 33 heavy (non-hydrogen) atoms. The molecule has 0 saturated carbocycles. The van der Waals surface area contributed by atoms with Crippen molar-refractivity contribution in [3.05, 3.63) is 93.7 Å². The van der Waals surface area contributed by atoms with E-state index in [1.165, 1.54) is 18.2 Å². The second-order valence-electron chi connectivity index (χ2n) is 7.28. The van der Waals surface area contributed by atoms with Crippen LogP contribution in [0.4, 0.5) is 4.39 Å². The Morgan fingerprint density at radius 3 is 2.48 bits per heavy atom. The van der Waals surface area contributed by atoms with E-state index in [4.69, 9.17) is 0 Å². The maximum atomic E-state index is 13.5. The molecule has 4 rings (SSSR count). The van der Waals surface area contributed by atoms with E-state index < -0.39 is 15.7 Å². The van der Waals surface area contributed by atoms with Crippen molar-refractivity contribution < 1.29 is 17.6 Å². The summed E-state index contributed by atoms with van der Waals surface area (Å²) in [5.41, 5.74) is 2.30. The van der Waals surface area contributed by atoms with E-state index in [0.717, 1.165) is 27.6 Å². The molecule has 168 valence electrons. The fraction of sp³-hybridized carbons (Fsp3) is 0.0833. The normalized spacial score (nSPS) is 11.4. The average molecular weight is 545 g/mol. The zero-order chi connectivity index (χ0) is 23.6. The molecule has 1 aromatic heterocycles. The molecule has 0 unspecified atom stereocenters. The lowest BCUT2D eigenvalue weighted by Gasteiger charge is -2.08. The van der Waals surface area contributed by atoms with Crippen LogP contribution in [0.1, 0.15) is 15.4 Å². The zero-order valence-corrected chi connectivity index (χ0v) is 20.6. The summed E-state index contributed by atoms with van der Waals surface area (Å²) in [7, 11) is -3.55. The third-order valence-electron chi connectivity index (χ3n) is 4.81. The van der Waals surface area contributed by atoms with Gasteiger partial charge in [0.1, 0.15) is 5.82 Å². The maximum absolute atomic E-state index is 13.5. The molecule has 0 fully saturated rings. The number of benzene rings is 3. The number of nitrogens with one attached hydrogen (secondary N) is 1. The van der Waals surface area contributed by atoms with Gasteiger partial charge in [0.25, 0.3) is 5.91 Å². The molecule has 1 amide bonds. The van der Waals surface area contributed by atoms with Crippen LogP contribution in [-0.4, -0.2) is 25.6 Å². The fourth-order valence-corrected chi connectivity index (χ4v) is 5.63. The molecule has 0 radical (unpaired) electrons. The quantitative estimate of drug-likeness (QED) is 0.337. The van der Waals surface area contributed by atoms with Crippen LogP contribution in [0.2, 0.25) is 0 Å². The van der Waals surface area contributed by atoms with Gasteiger partial charge < -0.3 is 5.32 Å². The second-order valence-corrected chi connectivity index (χ2v) is 11.2. The average Bonchev–Trinajstić information content (AvgIpc) is 3.23. The number of thiazole rings is 1. The van der Waals surface area contributed by atoms with Crippen LogP contribution in [0, 0.1) is 5.82 Å². The summed E-state index contributed by atoms with van der Waals surface area (Å²) in [6, 6.07) is 19.9. The van der Waals surface area contributed by atoms with Crippen molar-refractivity contribution >= 4 is 43.0 Å². The number of carbonyl (C=O) groups excluding carboxylic acids is 1. The van der Waals surface area contributed by atoms with Crippen molar-refractivity contribution in [2.45, 2.75) is 11.4 Å². The highest BCUT2D eigenvalue weighted by Gasteiger charge is 2.23. The smallest absolute Gasteiger partial charge is 0.280 e. The molecule has 5 nitrogen and oxygen atoms in total. The topological polar surface area (TPSA) is 76.1 Å². The van der Waals surface area contributed by atoms with Gasteiger partial charge in [0.15, 0.2) is 14.8 Å². The van der Waals surface area contributed by atoms with Gasteiger partial charge in [-0.2, -0.15) is 0 Å².